The van der Waals surface area contributed by atoms with E-state index in [0.29, 0.717) is 0 Å². The summed E-state index contributed by atoms with van der Waals surface area (Å²) in [5, 5.41) is 0.869. The second-order valence-corrected chi connectivity index (χ2v) is 4.71. The third-order valence-electron chi connectivity index (χ3n) is 3.11. The normalized spacial score (nSPS) is 42.6. The highest BCUT2D eigenvalue weighted by Crippen LogP contribution is 2.51. The molecule has 3 heteroatoms. The van der Waals surface area contributed by atoms with E-state index in [0.717, 1.165) is 31.4 Å². The molecule has 0 amide bonds. The maximum Gasteiger partial charge on any atom is 0.180 e. The molecule has 1 fully saturated rings. The SMILES string of the molecule is CC12C=CCC1(OCCBr)OCC2. The lowest BCUT2D eigenvalue weighted by molar-refractivity contribution is -0.234. The van der Waals surface area contributed by atoms with Gasteiger partial charge in [-0.25, -0.2) is 0 Å². The van der Waals surface area contributed by atoms with Gasteiger partial charge in [-0.1, -0.05) is 35.0 Å². The molecule has 2 aliphatic rings. The van der Waals surface area contributed by atoms with E-state index < -0.39 is 0 Å². The second-order valence-electron chi connectivity index (χ2n) is 3.91. The summed E-state index contributed by atoms with van der Waals surface area (Å²) in [5.74, 6) is -0.346. The predicted octanol–water partition coefficient (Wildman–Crippen LogP) is 2.48. The number of ether oxygens (including phenoxy) is 2. The number of hydrogen-bond donors (Lipinski definition) is 0. The second kappa shape index (κ2) is 3.37. The lowest BCUT2D eigenvalue weighted by Gasteiger charge is -2.35. The molecule has 13 heavy (non-hydrogen) atoms. The van der Waals surface area contributed by atoms with E-state index in [2.05, 4.69) is 35.0 Å². The molecule has 2 nitrogen and oxygen atoms in total. The van der Waals surface area contributed by atoms with Gasteiger partial charge in [0.1, 0.15) is 0 Å². The van der Waals surface area contributed by atoms with Gasteiger partial charge in [0.2, 0.25) is 0 Å². The topological polar surface area (TPSA) is 18.5 Å². The Kier molecular flexibility index (Phi) is 2.51. The van der Waals surface area contributed by atoms with Crippen molar-refractivity contribution < 1.29 is 9.47 Å². The van der Waals surface area contributed by atoms with Crippen molar-refractivity contribution in [2.75, 3.05) is 18.5 Å². The van der Waals surface area contributed by atoms with Crippen LogP contribution < -0.4 is 0 Å². The molecular weight excluding hydrogens is 232 g/mol. The number of hydrogen-bond acceptors (Lipinski definition) is 2. The zero-order valence-corrected chi connectivity index (χ0v) is 9.47. The van der Waals surface area contributed by atoms with E-state index >= 15 is 0 Å². The molecule has 1 aliphatic heterocycles. The van der Waals surface area contributed by atoms with Gasteiger partial charge in [-0.15, -0.1) is 0 Å². The molecule has 0 aromatic carbocycles. The average Bonchev–Trinajstić information content (AvgIpc) is 2.54. The fraction of sp³-hybridized carbons (Fsp3) is 0.800. The zero-order chi connectivity index (χ0) is 9.36. The molecular formula is C10H15BrO2. The van der Waals surface area contributed by atoms with Crippen molar-refractivity contribution in [1.82, 2.24) is 0 Å². The van der Waals surface area contributed by atoms with Gasteiger partial charge in [-0.3, -0.25) is 0 Å². The van der Waals surface area contributed by atoms with E-state index in [9.17, 15) is 0 Å². The third kappa shape index (κ3) is 1.37. The molecule has 1 aliphatic carbocycles. The molecule has 0 aromatic rings. The molecule has 2 atom stereocenters. The van der Waals surface area contributed by atoms with E-state index in [1.807, 2.05) is 0 Å². The molecule has 0 radical (unpaired) electrons. The van der Waals surface area contributed by atoms with Crippen LogP contribution in [-0.2, 0) is 9.47 Å². The largest absolute Gasteiger partial charge is 0.349 e. The van der Waals surface area contributed by atoms with Crippen LogP contribution in [0.5, 0.6) is 0 Å². The summed E-state index contributed by atoms with van der Waals surface area (Å²) < 4.78 is 11.6. The van der Waals surface area contributed by atoms with Crippen molar-refractivity contribution in [2.24, 2.45) is 5.41 Å². The number of rotatable bonds is 3. The lowest BCUT2D eigenvalue weighted by Crippen LogP contribution is -2.42. The highest BCUT2D eigenvalue weighted by Gasteiger charge is 2.55. The van der Waals surface area contributed by atoms with Crippen LogP contribution in [-0.4, -0.2) is 24.3 Å². The summed E-state index contributed by atoms with van der Waals surface area (Å²) in [7, 11) is 0. The summed E-state index contributed by atoms with van der Waals surface area (Å²) in [6, 6.07) is 0. The monoisotopic (exact) mass is 246 g/mol. The van der Waals surface area contributed by atoms with Crippen LogP contribution in [0.2, 0.25) is 0 Å². The van der Waals surface area contributed by atoms with E-state index in [4.69, 9.17) is 9.47 Å². The van der Waals surface area contributed by atoms with Crippen LogP contribution in [0.3, 0.4) is 0 Å². The van der Waals surface area contributed by atoms with Gasteiger partial charge in [0.25, 0.3) is 0 Å². The molecule has 2 unspecified atom stereocenters. The van der Waals surface area contributed by atoms with E-state index in [-0.39, 0.29) is 11.2 Å². The number of alkyl halides is 1. The van der Waals surface area contributed by atoms with Crippen LogP contribution in [0, 0.1) is 5.41 Å². The van der Waals surface area contributed by atoms with Gasteiger partial charge in [-0.2, -0.15) is 0 Å². The Labute approximate surface area is 87.4 Å². The first-order chi connectivity index (χ1) is 6.22. The van der Waals surface area contributed by atoms with Crippen LogP contribution >= 0.6 is 15.9 Å². The smallest absolute Gasteiger partial charge is 0.180 e. The van der Waals surface area contributed by atoms with Gasteiger partial charge in [-0.05, 0) is 6.42 Å². The minimum atomic E-state index is -0.346. The van der Waals surface area contributed by atoms with Gasteiger partial charge >= 0.3 is 0 Å². The highest BCUT2D eigenvalue weighted by atomic mass is 79.9. The number of fused-ring (bicyclic) bond motifs is 1. The average molecular weight is 247 g/mol. The molecule has 0 saturated carbocycles. The molecule has 0 N–H and O–H groups in total. The van der Waals surface area contributed by atoms with Crippen LogP contribution in [0.25, 0.3) is 0 Å². The van der Waals surface area contributed by atoms with Gasteiger partial charge in [0, 0.05) is 17.2 Å². The minimum absolute atomic E-state index is 0.106. The molecule has 74 valence electrons. The molecule has 2 rings (SSSR count). The van der Waals surface area contributed by atoms with E-state index in [1.165, 1.54) is 0 Å². The first-order valence-corrected chi connectivity index (χ1v) is 5.86. The van der Waals surface area contributed by atoms with Crippen molar-refractivity contribution in [3.05, 3.63) is 12.2 Å². The Bertz CT molecular complexity index is 229. The standard InChI is InChI=1S/C10H15BrO2/c1-9-3-2-4-10(9,12-7-5-9)13-8-6-11/h2-3H,4-8H2,1H3. The van der Waals surface area contributed by atoms with Crippen molar-refractivity contribution >= 4 is 15.9 Å². The van der Waals surface area contributed by atoms with Crippen molar-refractivity contribution in [3.8, 4) is 0 Å². The summed E-state index contributed by atoms with van der Waals surface area (Å²) >= 11 is 3.37. The Morgan fingerprint density at radius 2 is 2.46 bits per heavy atom. The first-order valence-electron chi connectivity index (χ1n) is 4.74. The number of halogens is 1. The summed E-state index contributed by atoms with van der Waals surface area (Å²) in [4.78, 5) is 0. The fourth-order valence-electron chi connectivity index (χ4n) is 2.23. The lowest BCUT2D eigenvalue weighted by atomic mass is 9.83. The van der Waals surface area contributed by atoms with Gasteiger partial charge in [0.05, 0.1) is 13.2 Å². The third-order valence-corrected chi connectivity index (χ3v) is 3.44. The first kappa shape index (κ1) is 9.69. The zero-order valence-electron chi connectivity index (χ0n) is 7.88. The van der Waals surface area contributed by atoms with Crippen LogP contribution in [0.15, 0.2) is 12.2 Å². The van der Waals surface area contributed by atoms with Gasteiger partial charge in [0.15, 0.2) is 5.79 Å². The van der Waals surface area contributed by atoms with E-state index in [1.54, 1.807) is 0 Å². The van der Waals surface area contributed by atoms with Crippen molar-refractivity contribution in [1.29, 1.82) is 0 Å². The predicted molar refractivity (Wildman–Crippen MR) is 54.9 cm³/mol. The Morgan fingerprint density at radius 3 is 3.23 bits per heavy atom. The maximum absolute atomic E-state index is 5.84. The summed E-state index contributed by atoms with van der Waals surface area (Å²) in [6.07, 6.45) is 6.39. The molecule has 0 aromatic heterocycles. The Morgan fingerprint density at radius 1 is 1.62 bits per heavy atom. The maximum atomic E-state index is 5.84. The van der Waals surface area contributed by atoms with Crippen LogP contribution in [0.4, 0.5) is 0 Å². The van der Waals surface area contributed by atoms with Gasteiger partial charge < -0.3 is 9.47 Å². The highest BCUT2D eigenvalue weighted by molar-refractivity contribution is 9.09. The fourth-order valence-corrected chi connectivity index (χ4v) is 2.39. The molecule has 0 spiro atoms. The van der Waals surface area contributed by atoms with Crippen molar-refractivity contribution in [2.45, 2.75) is 25.6 Å². The van der Waals surface area contributed by atoms with Crippen molar-refractivity contribution in [3.63, 3.8) is 0 Å². The van der Waals surface area contributed by atoms with Crippen LogP contribution in [0.1, 0.15) is 19.8 Å². The Hall–Kier alpha value is 0.140. The summed E-state index contributed by atoms with van der Waals surface area (Å²) in [5.41, 5.74) is 0.106. The molecule has 1 saturated heterocycles. The minimum Gasteiger partial charge on any atom is -0.349 e. The summed E-state index contributed by atoms with van der Waals surface area (Å²) in [6.45, 7) is 3.76. The quantitative estimate of drug-likeness (QED) is 0.563. The molecule has 1 heterocycles. The Balaban J connectivity index is 2.12. The molecule has 0 bridgehead atoms.